The van der Waals surface area contributed by atoms with Gasteiger partial charge < -0.3 is 15.4 Å². The molecule has 1 aliphatic rings. The van der Waals surface area contributed by atoms with Gasteiger partial charge in [0.15, 0.2) is 0 Å². The Labute approximate surface area is 96.0 Å². The van der Waals surface area contributed by atoms with Gasteiger partial charge in [-0.05, 0) is 22.0 Å². The summed E-state index contributed by atoms with van der Waals surface area (Å²) in [4.78, 5) is 0. The third-order valence-corrected chi connectivity index (χ3v) is 3.72. The molecule has 0 aromatic carbocycles. The smallest absolute Gasteiger partial charge is 0.0895 e. The molecule has 1 saturated heterocycles. The highest BCUT2D eigenvalue weighted by Crippen LogP contribution is 2.24. The van der Waals surface area contributed by atoms with E-state index < -0.39 is 0 Å². The second kappa shape index (κ2) is 5.11. The highest BCUT2D eigenvalue weighted by atomic mass is 79.9. The molecule has 2 heterocycles. The van der Waals surface area contributed by atoms with Gasteiger partial charge in [0.25, 0.3) is 0 Å². The number of thiophene rings is 1. The summed E-state index contributed by atoms with van der Waals surface area (Å²) in [7, 11) is 0. The number of anilines is 1. The largest absolute Gasteiger partial charge is 0.374 e. The summed E-state index contributed by atoms with van der Waals surface area (Å²) in [5.41, 5.74) is 0. The first kappa shape index (κ1) is 10.4. The molecule has 3 nitrogen and oxygen atoms in total. The molecule has 2 rings (SSSR count). The van der Waals surface area contributed by atoms with Crippen molar-refractivity contribution in [3.05, 3.63) is 15.9 Å². The minimum atomic E-state index is 0.296. The number of ether oxygens (including phenoxy) is 1. The second-order valence-corrected chi connectivity index (χ2v) is 5.03. The van der Waals surface area contributed by atoms with Crippen molar-refractivity contribution in [2.24, 2.45) is 0 Å². The van der Waals surface area contributed by atoms with Gasteiger partial charge in [0.05, 0.1) is 17.7 Å². The molecule has 14 heavy (non-hydrogen) atoms. The summed E-state index contributed by atoms with van der Waals surface area (Å²) in [6.45, 7) is 3.61. The van der Waals surface area contributed by atoms with Gasteiger partial charge in [-0.2, -0.15) is 0 Å². The van der Waals surface area contributed by atoms with E-state index in [0.717, 1.165) is 30.7 Å². The van der Waals surface area contributed by atoms with E-state index in [1.54, 1.807) is 11.3 Å². The van der Waals surface area contributed by atoms with Crippen LogP contribution in [0.15, 0.2) is 15.9 Å². The summed E-state index contributed by atoms with van der Waals surface area (Å²) < 4.78 is 6.71. The summed E-state index contributed by atoms with van der Waals surface area (Å²) in [5.74, 6) is 0. The van der Waals surface area contributed by atoms with Gasteiger partial charge in [0, 0.05) is 29.5 Å². The fourth-order valence-electron chi connectivity index (χ4n) is 1.37. The predicted octanol–water partition coefficient (Wildman–Crippen LogP) is 1.91. The number of hydrogen-bond acceptors (Lipinski definition) is 4. The molecule has 2 N–H and O–H groups in total. The SMILES string of the molecule is Brc1csc(NCC2CNCCO2)c1. The first-order valence-electron chi connectivity index (χ1n) is 4.65. The van der Waals surface area contributed by atoms with Crippen molar-refractivity contribution in [2.45, 2.75) is 6.10 Å². The number of morpholine rings is 1. The molecule has 1 aromatic rings. The first-order chi connectivity index (χ1) is 6.84. The van der Waals surface area contributed by atoms with Crippen molar-refractivity contribution >= 4 is 32.3 Å². The molecule has 5 heteroatoms. The van der Waals surface area contributed by atoms with Crippen LogP contribution in [0.5, 0.6) is 0 Å². The van der Waals surface area contributed by atoms with Crippen molar-refractivity contribution in [1.82, 2.24) is 5.32 Å². The van der Waals surface area contributed by atoms with Crippen LogP contribution in [-0.2, 0) is 4.74 Å². The number of nitrogens with one attached hydrogen (secondary N) is 2. The lowest BCUT2D eigenvalue weighted by atomic mass is 10.3. The molecular formula is C9H13BrN2OS. The molecule has 0 bridgehead atoms. The minimum absolute atomic E-state index is 0.296. The average Bonchev–Trinajstić information content (AvgIpc) is 2.63. The fourth-order valence-corrected chi connectivity index (χ4v) is 2.70. The lowest BCUT2D eigenvalue weighted by Gasteiger charge is -2.23. The Morgan fingerprint density at radius 1 is 1.71 bits per heavy atom. The maximum atomic E-state index is 5.57. The van der Waals surface area contributed by atoms with Gasteiger partial charge in [-0.1, -0.05) is 0 Å². The zero-order valence-corrected chi connectivity index (χ0v) is 10.2. The van der Waals surface area contributed by atoms with Crippen LogP contribution in [0.2, 0.25) is 0 Å². The molecule has 1 atom stereocenters. The highest BCUT2D eigenvalue weighted by Gasteiger charge is 2.12. The average molecular weight is 277 g/mol. The normalized spacial score (nSPS) is 22.2. The van der Waals surface area contributed by atoms with Crippen molar-refractivity contribution in [1.29, 1.82) is 0 Å². The fraction of sp³-hybridized carbons (Fsp3) is 0.556. The topological polar surface area (TPSA) is 33.3 Å². The van der Waals surface area contributed by atoms with Gasteiger partial charge in [0.1, 0.15) is 0 Å². The van der Waals surface area contributed by atoms with Crippen molar-refractivity contribution in [3.8, 4) is 0 Å². The Kier molecular flexibility index (Phi) is 3.81. The van der Waals surface area contributed by atoms with Crippen LogP contribution in [0.3, 0.4) is 0 Å². The highest BCUT2D eigenvalue weighted by molar-refractivity contribution is 9.10. The van der Waals surface area contributed by atoms with E-state index >= 15 is 0 Å². The molecule has 0 amide bonds. The van der Waals surface area contributed by atoms with E-state index in [1.807, 2.05) is 0 Å². The Bertz CT molecular complexity index is 286. The second-order valence-electron chi connectivity index (χ2n) is 3.21. The Hall–Kier alpha value is -0.100. The minimum Gasteiger partial charge on any atom is -0.374 e. The standard InChI is InChI=1S/C9H13BrN2OS/c10-7-3-9(14-6-7)12-5-8-4-11-1-2-13-8/h3,6,8,11-12H,1-2,4-5H2. The van der Waals surface area contributed by atoms with Crippen molar-refractivity contribution < 1.29 is 4.74 Å². The van der Waals surface area contributed by atoms with E-state index in [0.29, 0.717) is 6.10 Å². The van der Waals surface area contributed by atoms with E-state index in [9.17, 15) is 0 Å². The Morgan fingerprint density at radius 3 is 3.29 bits per heavy atom. The van der Waals surface area contributed by atoms with Crippen LogP contribution in [0.1, 0.15) is 0 Å². The molecule has 1 unspecified atom stereocenters. The first-order valence-corrected chi connectivity index (χ1v) is 6.32. The van der Waals surface area contributed by atoms with Crippen LogP contribution in [0, 0.1) is 0 Å². The molecule has 1 aliphatic heterocycles. The number of halogens is 1. The van der Waals surface area contributed by atoms with Crippen molar-refractivity contribution in [3.63, 3.8) is 0 Å². The van der Waals surface area contributed by atoms with E-state index in [-0.39, 0.29) is 0 Å². The van der Waals surface area contributed by atoms with E-state index in [4.69, 9.17) is 4.74 Å². The molecule has 0 aliphatic carbocycles. The van der Waals surface area contributed by atoms with Crippen LogP contribution in [-0.4, -0.2) is 32.3 Å². The van der Waals surface area contributed by atoms with Crippen LogP contribution >= 0.6 is 27.3 Å². The number of rotatable bonds is 3. The van der Waals surface area contributed by atoms with Crippen LogP contribution in [0.4, 0.5) is 5.00 Å². The predicted molar refractivity (Wildman–Crippen MR) is 63.1 cm³/mol. The van der Waals surface area contributed by atoms with Gasteiger partial charge >= 0.3 is 0 Å². The summed E-state index contributed by atoms with van der Waals surface area (Å²) in [5, 5.41) is 9.92. The zero-order valence-electron chi connectivity index (χ0n) is 7.75. The van der Waals surface area contributed by atoms with Gasteiger partial charge in [0.2, 0.25) is 0 Å². The maximum absolute atomic E-state index is 5.57. The van der Waals surface area contributed by atoms with Gasteiger partial charge in [-0.15, -0.1) is 11.3 Å². The summed E-state index contributed by atoms with van der Waals surface area (Å²) >= 11 is 5.13. The number of hydrogen-bond donors (Lipinski definition) is 2. The van der Waals surface area contributed by atoms with Crippen LogP contribution in [0.25, 0.3) is 0 Å². The molecule has 0 spiro atoms. The lowest BCUT2D eigenvalue weighted by Crippen LogP contribution is -2.42. The molecule has 1 aromatic heterocycles. The molecule has 0 radical (unpaired) electrons. The quantitative estimate of drug-likeness (QED) is 0.885. The van der Waals surface area contributed by atoms with E-state index in [2.05, 4.69) is 38.0 Å². The maximum Gasteiger partial charge on any atom is 0.0895 e. The molecule has 1 fully saturated rings. The summed E-state index contributed by atoms with van der Waals surface area (Å²) in [6.07, 6.45) is 0.296. The molecule has 78 valence electrons. The Morgan fingerprint density at radius 2 is 2.64 bits per heavy atom. The molecular weight excluding hydrogens is 264 g/mol. The lowest BCUT2D eigenvalue weighted by molar-refractivity contribution is 0.0373. The monoisotopic (exact) mass is 276 g/mol. The molecule has 0 saturated carbocycles. The summed E-state index contributed by atoms with van der Waals surface area (Å²) in [6, 6.07) is 2.08. The third-order valence-electron chi connectivity index (χ3n) is 2.08. The Balaban J connectivity index is 1.76. The third kappa shape index (κ3) is 2.95. The van der Waals surface area contributed by atoms with Crippen LogP contribution < -0.4 is 10.6 Å². The van der Waals surface area contributed by atoms with E-state index in [1.165, 1.54) is 5.00 Å². The van der Waals surface area contributed by atoms with Gasteiger partial charge in [-0.3, -0.25) is 0 Å². The van der Waals surface area contributed by atoms with Crippen molar-refractivity contribution in [2.75, 3.05) is 31.6 Å². The zero-order chi connectivity index (χ0) is 9.80. The van der Waals surface area contributed by atoms with Gasteiger partial charge in [-0.25, -0.2) is 0 Å².